The molecule has 9 heteroatoms. The number of imidazole rings is 1. The number of carbonyl (C=O) groups excluding carboxylic acids is 1. The summed E-state index contributed by atoms with van der Waals surface area (Å²) in [5, 5.41) is 3.00. The number of hydrogen-bond donors (Lipinski definition) is 3. The third-order valence-corrected chi connectivity index (χ3v) is 4.40. The number of alkyl halides is 3. The number of aromatic nitrogens is 3. The number of H-pyrrole nitrogens is 2. The number of nitrogens with zero attached hydrogens (tertiary/aromatic N) is 1. The van der Waals surface area contributed by atoms with E-state index in [4.69, 9.17) is 0 Å². The summed E-state index contributed by atoms with van der Waals surface area (Å²) in [5.74, 6) is -0.503. The topological polar surface area (TPSA) is 82.7 Å². The maximum absolute atomic E-state index is 12.9. The molecule has 1 amide bonds. The largest absolute Gasteiger partial charge is 0.416 e. The molecule has 138 valence electrons. The third-order valence-electron chi connectivity index (χ3n) is 4.40. The van der Waals surface area contributed by atoms with Crippen molar-refractivity contribution in [3.8, 4) is 0 Å². The Morgan fingerprint density at radius 2 is 1.89 bits per heavy atom. The van der Waals surface area contributed by atoms with Gasteiger partial charge in [-0.3, -0.25) is 4.79 Å². The van der Waals surface area contributed by atoms with E-state index in [2.05, 4.69) is 15.3 Å². The molecule has 0 radical (unpaired) electrons. The summed E-state index contributed by atoms with van der Waals surface area (Å²) in [6.07, 6.45) is -4.46. The van der Waals surface area contributed by atoms with Gasteiger partial charge < -0.3 is 19.9 Å². The minimum Gasteiger partial charge on any atom is -0.340 e. The molecular weight excluding hydrogens is 361 g/mol. The van der Waals surface area contributed by atoms with Crippen LogP contribution < -0.4 is 11.0 Å². The first-order valence-electron chi connectivity index (χ1n) is 7.93. The molecule has 0 saturated carbocycles. The Labute approximate surface area is 149 Å². The Hall–Kier alpha value is -3.49. The van der Waals surface area contributed by atoms with E-state index in [1.807, 2.05) is 0 Å². The van der Waals surface area contributed by atoms with Crippen molar-refractivity contribution < 1.29 is 18.0 Å². The third kappa shape index (κ3) is 2.86. The Kier molecular flexibility index (Phi) is 3.62. The SMILES string of the molecule is Cn1c(C(=O)Nc2cccc3[nH]c(=O)[nH]c23)cc2cc(C(F)(F)F)ccc21. The monoisotopic (exact) mass is 374 g/mol. The van der Waals surface area contributed by atoms with Gasteiger partial charge >= 0.3 is 11.9 Å². The fourth-order valence-corrected chi connectivity index (χ4v) is 3.09. The molecule has 0 atom stereocenters. The van der Waals surface area contributed by atoms with Crippen LogP contribution in [-0.2, 0) is 13.2 Å². The number of benzene rings is 2. The predicted octanol–water partition coefficient (Wildman–Crippen LogP) is 3.62. The fraction of sp³-hybridized carbons (Fsp3) is 0.111. The zero-order valence-electron chi connectivity index (χ0n) is 13.9. The van der Waals surface area contributed by atoms with Crippen LogP contribution in [0.1, 0.15) is 16.1 Å². The second kappa shape index (κ2) is 5.76. The van der Waals surface area contributed by atoms with Crippen LogP contribution in [0.4, 0.5) is 18.9 Å². The van der Waals surface area contributed by atoms with Gasteiger partial charge in [0.15, 0.2) is 0 Å². The van der Waals surface area contributed by atoms with E-state index in [-0.39, 0.29) is 5.69 Å². The number of aryl methyl sites for hydroxylation is 1. The van der Waals surface area contributed by atoms with E-state index in [9.17, 15) is 22.8 Å². The number of halogens is 3. The van der Waals surface area contributed by atoms with Crippen LogP contribution in [0.5, 0.6) is 0 Å². The van der Waals surface area contributed by atoms with Gasteiger partial charge in [-0.25, -0.2) is 4.79 Å². The van der Waals surface area contributed by atoms with Crippen LogP contribution >= 0.6 is 0 Å². The molecule has 0 aliphatic rings. The van der Waals surface area contributed by atoms with Crippen molar-refractivity contribution in [1.29, 1.82) is 0 Å². The summed E-state index contributed by atoms with van der Waals surface area (Å²) in [7, 11) is 1.60. The number of amides is 1. The summed E-state index contributed by atoms with van der Waals surface area (Å²) in [6, 6.07) is 9.69. The minimum absolute atomic E-state index is 0.194. The second-order valence-electron chi connectivity index (χ2n) is 6.12. The molecule has 0 unspecified atom stereocenters. The van der Waals surface area contributed by atoms with Gasteiger partial charge in [-0.15, -0.1) is 0 Å². The predicted molar refractivity (Wildman–Crippen MR) is 94.8 cm³/mol. The van der Waals surface area contributed by atoms with Crippen LogP contribution in [0.15, 0.2) is 47.3 Å². The van der Waals surface area contributed by atoms with Gasteiger partial charge in [0.05, 0.1) is 22.3 Å². The van der Waals surface area contributed by atoms with Crippen LogP contribution in [0.25, 0.3) is 21.9 Å². The first-order valence-corrected chi connectivity index (χ1v) is 7.93. The minimum atomic E-state index is -4.46. The van der Waals surface area contributed by atoms with Crippen LogP contribution in [-0.4, -0.2) is 20.4 Å². The maximum atomic E-state index is 12.9. The first-order chi connectivity index (χ1) is 12.7. The molecule has 2 heterocycles. The van der Waals surface area contributed by atoms with Gasteiger partial charge in [0.1, 0.15) is 5.69 Å². The molecule has 2 aromatic carbocycles. The van der Waals surface area contributed by atoms with Crippen molar-refractivity contribution in [2.45, 2.75) is 6.18 Å². The second-order valence-corrected chi connectivity index (χ2v) is 6.12. The summed E-state index contributed by atoms with van der Waals surface area (Å²) in [6.45, 7) is 0. The highest BCUT2D eigenvalue weighted by Crippen LogP contribution is 2.32. The van der Waals surface area contributed by atoms with Gasteiger partial charge in [-0.05, 0) is 36.4 Å². The lowest BCUT2D eigenvalue weighted by molar-refractivity contribution is -0.137. The van der Waals surface area contributed by atoms with Crippen LogP contribution in [0.2, 0.25) is 0 Å². The zero-order chi connectivity index (χ0) is 19.3. The molecule has 0 aliphatic carbocycles. The quantitative estimate of drug-likeness (QED) is 0.501. The Morgan fingerprint density at radius 3 is 2.63 bits per heavy atom. The number of rotatable bonds is 2. The van der Waals surface area contributed by atoms with Crippen LogP contribution in [0, 0.1) is 0 Å². The van der Waals surface area contributed by atoms with E-state index in [1.165, 1.54) is 16.7 Å². The molecule has 3 N–H and O–H groups in total. The molecule has 0 aliphatic heterocycles. The Bertz CT molecular complexity index is 1250. The van der Waals surface area contributed by atoms with Crippen molar-refractivity contribution in [2.75, 3.05) is 5.32 Å². The highest BCUT2D eigenvalue weighted by molar-refractivity contribution is 6.09. The molecular formula is C18H13F3N4O2. The lowest BCUT2D eigenvalue weighted by atomic mass is 10.1. The number of anilines is 1. The van der Waals surface area contributed by atoms with Gasteiger partial charge in [0, 0.05) is 18.0 Å². The molecule has 0 spiro atoms. The van der Waals surface area contributed by atoms with E-state index >= 15 is 0 Å². The average Bonchev–Trinajstić information content (AvgIpc) is 3.14. The van der Waals surface area contributed by atoms with Crippen molar-refractivity contribution in [3.63, 3.8) is 0 Å². The maximum Gasteiger partial charge on any atom is 0.416 e. The summed E-state index contributed by atoms with van der Waals surface area (Å²) >= 11 is 0. The molecule has 4 rings (SSSR count). The number of nitrogens with one attached hydrogen (secondary N) is 3. The standard InChI is InChI=1S/C18H13F3N4O2/c1-25-13-6-5-10(18(19,20)21)7-9(13)8-14(25)16(26)22-11-3-2-4-12-15(11)24-17(27)23-12/h2-8H,1H3,(H,22,26)(H2,23,24,27). The first kappa shape index (κ1) is 17.0. The normalized spacial score (nSPS) is 12.0. The number of carbonyl (C=O) groups is 1. The Morgan fingerprint density at radius 1 is 1.11 bits per heavy atom. The smallest absolute Gasteiger partial charge is 0.340 e. The summed E-state index contributed by atoms with van der Waals surface area (Å²) in [4.78, 5) is 29.3. The molecule has 0 saturated heterocycles. The van der Waals surface area contributed by atoms with E-state index < -0.39 is 23.3 Å². The van der Waals surface area contributed by atoms with E-state index in [0.29, 0.717) is 27.6 Å². The molecule has 4 aromatic rings. The van der Waals surface area contributed by atoms with Crippen LogP contribution in [0.3, 0.4) is 0 Å². The lowest BCUT2D eigenvalue weighted by Gasteiger charge is -2.08. The Balaban J connectivity index is 1.74. The molecule has 2 aromatic heterocycles. The van der Waals surface area contributed by atoms with Gasteiger partial charge in [0.25, 0.3) is 5.91 Å². The molecule has 0 bridgehead atoms. The molecule has 0 fully saturated rings. The lowest BCUT2D eigenvalue weighted by Crippen LogP contribution is -2.15. The number of para-hydroxylation sites is 1. The van der Waals surface area contributed by atoms with Gasteiger partial charge in [0.2, 0.25) is 0 Å². The molecule has 27 heavy (non-hydrogen) atoms. The molecule has 6 nitrogen and oxygen atoms in total. The van der Waals surface area contributed by atoms with Gasteiger partial charge in [-0.1, -0.05) is 6.07 Å². The highest BCUT2D eigenvalue weighted by Gasteiger charge is 2.31. The number of hydrogen-bond acceptors (Lipinski definition) is 2. The fourth-order valence-electron chi connectivity index (χ4n) is 3.09. The number of fused-ring (bicyclic) bond motifs is 2. The van der Waals surface area contributed by atoms with Gasteiger partial charge in [-0.2, -0.15) is 13.2 Å². The summed E-state index contributed by atoms with van der Waals surface area (Å²) in [5.41, 5.74) is 0.870. The van der Waals surface area contributed by atoms with Crippen molar-refractivity contribution in [1.82, 2.24) is 14.5 Å². The van der Waals surface area contributed by atoms with Crippen molar-refractivity contribution >= 4 is 33.5 Å². The highest BCUT2D eigenvalue weighted by atomic mass is 19.4. The zero-order valence-corrected chi connectivity index (χ0v) is 13.9. The van der Waals surface area contributed by atoms with E-state index in [1.54, 1.807) is 25.2 Å². The summed E-state index contributed by atoms with van der Waals surface area (Å²) < 4.78 is 40.2. The number of aromatic amines is 2. The van der Waals surface area contributed by atoms with Crippen molar-refractivity contribution in [3.05, 3.63) is 64.2 Å². The van der Waals surface area contributed by atoms with Crippen molar-refractivity contribution in [2.24, 2.45) is 7.05 Å². The average molecular weight is 374 g/mol. The van der Waals surface area contributed by atoms with E-state index in [0.717, 1.165) is 12.1 Å².